The van der Waals surface area contributed by atoms with Crippen molar-refractivity contribution in [2.75, 3.05) is 6.54 Å². The van der Waals surface area contributed by atoms with Crippen molar-refractivity contribution < 1.29 is 0 Å². The number of hydrogen-bond acceptors (Lipinski definition) is 2. The second kappa shape index (κ2) is 5.85. The van der Waals surface area contributed by atoms with Crippen LogP contribution in [0.1, 0.15) is 44.4 Å². The summed E-state index contributed by atoms with van der Waals surface area (Å²) in [7, 11) is 0. The fraction of sp³-hybridized carbons (Fsp3) is 0.714. The molecule has 1 N–H and O–H groups in total. The van der Waals surface area contributed by atoms with Gasteiger partial charge in [0, 0.05) is 17.5 Å². The first kappa shape index (κ1) is 13.6. The molecule has 0 atom stereocenters. The van der Waals surface area contributed by atoms with Gasteiger partial charge in [-0.2, -0.15) is 0 Å². The van der Waals surface area contributed by atoms with E-state index in [9.17, 15) is 0 Å². The molecule has 1 aliphatic rings. The van der Waals surface area contributed by atoms with Crippen molar-refractivity contribution in [3.05, 3.63) is 20.8 Å². The summed E-state index contributed by atoms with van der Waals surface area (Å²) in [6, 6.07) is 5.12. The van der Waals surface area contributed by atoms with Crippen LogP contribution in [0.25, 0.3) is 0 Å². The first-order chi connectivity index (χ1) is 8.05. The maximum absolute atomic E-state index is 3.71. The summed E-state index contributed by atoms with van der Waals surface area (Å²) in [5.74, 6) is 0. The Morgan fingerprint density at radius 2 is 2.06 bits per heavy atom. The minimum atomic E-state index is 0.580. The van der Waals surface area contributed by atoms with Crippen LogP contribution in [-0.2, 0) is 6.42 Å². The molecule has 1 aromatic rings. The van der Waals surface area contributed by atoms with Crippen molar-refractivity contribution in [1.29, 1.82) is 0 Å². The van der Waals surface area contributed by atoms with E-state index in [1.165, 1.54) is 34.3 Å². The molecule has 0 aromatic carbocycles. The van der Waals surface area contributed by atoms with Crippen LogP contribution in [0.4, 0.5) is 0 Å². The summed E-state index contributed by atoms with van der Waals surface area (Å²) in [5, 5.41) is 3.71. The van der Waals surface area contributed by atoms with E-state index in [0.717, 1.165) is 19.0 Å². The highest BCUT2D eigenvalue weighted by molar-refractivity contribution is 9.11. The van der Waals surface area contributed by atoms with E-state index < -0.39 is 0 Å². The van der Waals surface area contributed by atoms with E-state index in [0.29, 0.717) is 5.41 Å². The zero-order valence-electron chi connectivity index (χ0n) is 10.8. The maximum Gasteiger partial charge on any atom is 0.0701 e. The molecule has 1 aliphatic carbocycles. The van der Waals surface area contributed by atoms with E-state index in [1.54, 1.807) is 0 Å². The second-order valence-corrected chi connectivity index (χ2v) is 8.40. The van der Waals surface area contributed by atoms with Gasteiger partial charge in [0.15, 0.2) is 0 Å². The molecular formula is C14H22BrNS. The summed E-state index contributed by atoms with van der Waals surface area (Å²) < 4.78 is 1.24. The minimum Gasteiger partial charge on any atom is -0.314 e. The monoisotopic (exact) mass is 315 g/mol. The third-order valence-electron chi connectivity index (χ3n) is 3.77. The molecular weight excluding hydrogens is 294 g/mol. The lowest BCUT2D eigenvalue weighted by Crippen LogP contribution is -2.36. The van der Waals surface area contributed by atoms with Gasteiger partial charge < -0.3 is 5.32 Å². The molecule has 96 valence electrons. The van der Waals surface area contributed by atoms with Crippen molar-refractivity contribution in [2.24, 2.45) is 5.41 Å². The number of rotatable bonds is 4. The highest BCUT2D eigenvalue weighted by Gasteiger charge is 2.26. The molecule has 2 rings (SSSR count). The van der Waals surface area contributed by atoms with Gasteiger partial charge in [-0.3, -0.25) is 0 Å². The smallest absolute Gasteiger partial charge is 0.0701 e. The lowest BCUT2D eigenvalue weighted by atomic mass is 9.75. The Bertz CT molecular complexity index is 349. The zero-order chi connectivity index (χ0) is 12.3. The molecule has 1 heterocycles. The Kier molecular flexibility index (Phi) is 4.67. The van der Waals surface area contributed by atoms with Crippen LogP contribution in [0.3, 0.4) is 0 Å². The number of nitrogens with one attached hydrogen (secondary N) is 1. The predicted molar refractivity (Wildman–Crippen MR) is 79.8 cm³/mol. The van der Waals surface area contributed by atoms with Gasteiger partial charge in [0.2, 0.25) is 0 Å². The zero-order valence-corrected chi connectivity index (χ0v) is 13.2. The fourth-order valence-electron chi connectivity index (χ4n) is 2.49. The van der Waals surface area contributed by atoms with Crippen molar-refractivity contribution in [3.8, 4) is 0 Å². The summed E-state index contributed by atoms with van der Waals surface area (Å²) in [5.41, 5.74) is 0.580. The molecule has 0 radical (unpaired) electrons. The molecule has 0 spiro atoms. The lowest BCUT2D eigenvalue weighted by Gasteiger charge is -2.34. The Balaban J connectivity index is 1.66. The topological polar surface area (TPSA) is 12.0 Å². The predicted octanol–water partition coefficient (Wildman–Crippen LogP) is 4.61. The normalized spacial score (nSPS) is 20.6. The summed E-state index contributed by atoms with van der Waals surface area (Å²) in [4.78, 5) is 1.47. The highest BCUT2D eigenvalue weighted by Crippen LogP contribution is 2.34. The van der Waals surface area contributed by atoms with Gasteiger partial charge in [-0.05, 0) is 65.6 Å². The molecule has 1 fully saturated rings. The Morgan fingerprint density at radius 3 is 2.65 bits per heavy atom. The molecule has 0 unspecified atom stereocenters. The van der Waals surface area contributed by atoms with Gasteiger partial charge in [-0.15, -0.1) is 11.3 Å². The van der Waals surface area contributed by atoms with E-state index in [1.807, 2.05) is 11.3 Å². The molecule has 1 saturated carbocycles. The van der Waals surface area contributed by atoms with Gasteiger partial charge in [-0.1, -0.05) is 13.8 Å². The third-order valence-corrected chi connectivity index (χ3v) is 5.46. The minimum absolute atomic E-state index is 0.580. The van der Waals surface area contributed by atoms with Crippen LogP contribution in [0.2, 0.25) is 0 Å². The van der Waals surface area contributed by atoms with Crippen LogP contribution >= 0.6 is 27.3 Å². The van der Waals surface area contributed by atoms with E-state index >= 15 is 0 Å². The standard InChI is InChI=1S/C14H22BrNS/c1-14(2)8-5-11(6-9-14)16-10-7-12-3-4-13(15)17-12/h3-4,11,16H,5-10H2,1-2H3. The summed E-state index contributed by atoms with van der Waals surface area (Å²) >= 11 is 5.36. The Labute approximate surface area is 117 Å². The molecule has 1 aromatic heterocycles. The number of hydrogen-bond donors (Lipinski definition) is 1. The van der Waals surface area contributed by atoms with E-state index in [-0.39, 0.29) is 0 Å². The molecule has 3 heteroatoms. The fourth-order valence-corrected chi connectivity index (χ4v) is 3.97. The average molecular weight is 316 g/mol. The summed E-state index contributed by atoms with van der Waals surface area (Å²) in [6.45, 7) is 5.91. The number of halogens is 1. The molecule has 17 heavy (non-hydrogen) atoms. The van der Waals surface area contributed by atoms with Gasteiger partial charge in [-0.25, -0.2) is 0 Å². The molecule has 0 bridgehead atoms. The molecule has 0 aliphatic heterocycles. The molecule has 0 amide bonds. The SMILES string of the molecule is CC1(C)CCC(NCCc2ccc(Br)s2)CC1. The first-order valence-corrected chi connectivity index (χ1v) is 8.14. The largest absolute Gasteiger partial charge is 0.314 e. The van der Waals surface area contributed by atoms with Gasteiger partial charge in [0.25, 0.3) is 0 Å². The maximum atomic E-state index is 3.71. The van der Waals surface area contributed by atoms with Crippen molar-refractivity contribution in [3.63, 3.8) is 0 Å². The van der Waals surface area contributed by atoms with E-state index in [2.05, 4.69) is 47.2 Å². The molecule has 1 nitrogen and oxygen atoms in total. The van der Waals surface area contributed by atoms with Crippen molar-refractivity contribution >= 4 is 27.3 Å². The quantitative estimate of drug-likeness (QED) is 0.855. The third kappa shape index (κ3) is 4.38. The van der Waals surface area contributed by atoms with Gasteiger partial charge in [0.05, 0.1) is 3.79 Å². The summed E-state index contributed by atoms with van der Waals surface area (Å²) in [6.07, 6.45) is 6.60. The lowest BCUT2D eigenvalue weighted by molar-refractivity contribution is 0.207. The van der Waals surface area contributed by atoms with Gasteiger partial charge >= 0.3 is 0 Å². The van der Waals surface area contributed by atoms with Crippen LogP contribution in [0, 0.1) is 5.41 Å². The van der Waals surface area contributed by atoms with Crippen LogP contribution < -0.4 is 5.32 Å². The molecule has 0 saturated heterocycles. The second-order valence-electron chi connectivity index (χ2n) is 5.85. The van der Waals surface area contributed by atoms with E-state index in [4.69, 9.17) is 0 Å². The number of thiophene rings is 1. The van der Waals surface area contributed by atoms with Crippen molar-refractivity contribution in [1.82, 2.24) is 5.32 Å². The Morgan fingerprint density at radius 1 is 1.35 bits per heavy atom. The van der Waals surface area contributed by atoms with Crippen LogP contribution in [0.5, 0.6) is 0 Å². The first-order valence-electron chi connectivity index (χ1n) is 6.53. The van der Waals surface area contributed by atoms with Gasteiger partial charge in [0.1, 0.15) is 0 Å². The highest BCUT2D eigenvalue weighted by atomic mass is 79.9. The van der Waals surface area contributed by atoms with Crippen molar-refractivity contribution in [2.45, 2.75) is 52.0 Å². The van der Waals surface area contributed by atoms with Crippen LogP contribution in [-0.4, -0.2) is 12.6 Å². The Hall–Kier alpha value is 0.140. The van der Waals surface area contributed by atoms with Crippen LogP contribution in [0.15, 0.2) is 15.9 Å². The average Bonchev–Trinajstić information content (AvgIpc) is 2.67.